The van der Waals surface area contributed by atoms with E-state index in [2.05, 4.69) is 16.0 Å². The Bertz CT molecular complexity index is 904. The second-order valence-corrected chi connectivity index (χ2v) is 7.20. The SMILES string of the molecule is Cc1cnc(N2CCN(C(=O)c3c(F)cc4c(c3F)[C@@H]4C)CC2)c(C)c1. The number of nitrogens with zero attached hydrogens (tertiary/aromatic N) is 3. The van der Waals surface area contributed by atoms with Gasteiger partial charge < -0.3 is 9.80 Å². The van der Waals surface area contributed by atoms with Crippen LogP contribution < -0.4 is 4.90 Å². The molecular weight excluding hydrogens is 336 g/mol. The Labute approximate surface area is 151 Å². The number of fused-ring (bicyclic) bond motifs is 1. The van der Waals surface area contributed by atoms with E-state index in [9.17, 15) is 13.6 Å². The lowest BCUT2D eigenvalue weighted by Gasteiger charge is -2.36. The maximum absolute atomic E-state index is 14.5. The van der Waals surface area contributed by atoms with Crippen molar-refractivity contribution in [3.8, 4) is 0 Å². The molecule has 0 saturated carbocycles. The van der Waals surface area contributed by atoms with Gasteiger partial charge in [-0.3, -0.25) is 4.79 Å². The average molecular weight is 357 g/mol. The van der Waals surface area contributed by atoms with E-state index < -0.39 is 23.1 Å². The second kappa shape index (κ2) is 6.04. The fourth-order valence-corrected chi connectivity index (χ4v) is 3.84. The van der Waals surface area contributed by atoms with E-state index in [4.69, 9.17) is 0 Å². The van der Waals surface area contributed by atoms with E-state index in [1.807, 2.05) is 27.0 Å². The van der Waals surface area contributed by atoms with E-state index in [1.54, 1.807) is 0 Å². The van der Waals surface area contributed by atoms with Gasteiger partial charge in [0.05, 0.1) is 0 Å². The summed E-state index contributed by atoms with van der Waals surface area (Å²) in [7, 11) is 0. The van der Waals surface area contributed by atoms with Crippen LogP contribution >= 0.6 is 0 Å². The van der Waals surface area contributed by atoms with Gasteiger partial charge in [-0.2, -0.15) is 0 Å². The lowest BCUT2D eigenvalue weighted by atomic mass is 10.1. The Morgan fingerprint density at radius 2 is 1.85 bits per heavy atom. The minimum absolute atomic E-state index is 0.0847. The van der Waals surface area contributed by atoms with E-state index in [-0.39, 0.29) is 5.92 Å². The van der Waals surface area contributed by atoms with Crippen molar-refractivity contribution in [2.45, 2.75) is 26.7 Å². The van der Waals surface area contributed by atoms with Gasteiger partial charge in [-0.05, 0) is 42.2 Å². The molecule has 1 aromatic carbocycles. The van der Waals surface area contributed by atoms with Crippen molar-refractivity contribution >= 4 is 11.7 Å². The second-order valence-electron chi connectivity index (χ2n) is 7.20. The van der Waals surface area contributed by atoms with Crippen LogP contribution in [0.5, 0.6) is 0 Å². The Morgan fingerprint density at radius 1 is 1.15 bits per heavy atom. The zero-order chi connectivity index (χ0) is 18.6. The third kappa shape index (κ3) is 2.64. The smallest absolute Gasteiger partial charge is 0.259 e. The Balaban J connectivity index is 1.50. The molecule has 0 unspecified atom stereocenters. The molecule has 1 amide bonds. The summed E-state index contributed by atoms with van der Waals surface area (Å²) in [6.07, 6.45) is 1.82. The number of benzene rings is 1. The standard InChI is InChI=1S/C20H21F2N3O/c1-11-8-12(2)19(23-10-11)24-4-6-25(7-5-24)20(26)17-15(21)9-14-13(3)16(14)18(17)22/h8-10,13H,4-7H2,1-3H3/t13-/m1/s1. The molecule has 1 aliphatic heterocycles. The molecule has 1 fully saturated rings. The maximum atomic E-state index is 14.5. The lowest BCUT2D eigenvalue weighted by molar-refractivity contribution is 0.0736. The molecular formula is C20H21F2N3O. The highest BCUT2D eigenvalue weighted by Crippen LogP contribution is 2.46. The van der Waals surface area contributed by atoms with Crippen molar-refractivity contribution in [3.05, 3.63) is 57.8 Å². The van der Waals surface area contributed by atoms with Crippen LogP contribution in [0.1, 0.15) is 45.5 Å². The van der Waals surface area contributed by atoms with E-state index >= 15 is 0 Å². The van der Waals surface area contributed by atoms with Crippen LogP contribution in [0.3, 0.4) is 0 Å². The number of aryl methyl sites for hydroxylation is 2. The van der Waals surface area contributed by atoms with Crippen LogP contribution in [0, 0.1) is 25.5 Å². The van der Waals surface area contributed by atoms with Gasteiger partial charge in [-0.15, -0.1) is 0 Å². The number of carbonyl (C=O) groups excluding carboxylic acids is 1. The maximum Gasteiger partial charge on any atom is 0.259 e. The molecule has 136 valence electrons. The number of hydrogen-bond donors (Lipinski definition) is 0. The molecule has 1 aromatic heterocycles. The minimum atomic E-state index is -0.755. The van der Waals surface area contributed by atoms with Gasteiger partial charge in [0.1, 0.15) is 23.0 Å². The van der Waals surface area contributed by atoms with Crippen LogP contribution in [0.4, 0.5) is 14.6 Å². The Kier molecular flexibility index (Phi) is 3.93. The number of rotatable bonds is 2. The molecule has 2 aromatic rings. The zero-order valence-corrected chi connectivity index (χ0v) is 15.1. The molecule has 1 aliphatic carbocycles. The fraction of sp³-hybridized carbons (Fsp3) is 0.400. The number of aromatic nitrogens is 1. The van der Waals surface area contributed by atoms with Crippen molar-refractivity contribution in [1.29, 1.82) is 0 Å². The first-order chi connectivity index (χ1) is 12.4. The van der Waals surface area contributed by atoms with Gasteiger partial charge in [0.2, 0.25) is 0 Å². The largest absolute Gasteiger partial charge is 0.353 e. The molecule has 2 aliphatic rings. The summed E-state index contributed by atoms with van der Waals surface area (Å²) in [4.78, 5) is 20.8. The Hall–Kier alpha value is -2.50. The Morgan fingerprint density at radius 3 is 2.50 bits per heavy atom. The summed E-state index contributed by atoms with van der Waals surface area (Å²) < 4.78 is 28.7. The van der Waals surface area contributed by atoms with E-state index in [0.29, 0.717) is 37.3 Å². The molecule has 1 atom stereocenters. The van der Waals surface area contributed by atoms with Crippen molar-refractivity contribution in [1.82, 2.24) is 9.88 Å². The fourth-order valence-electron chi connectivity index (χ4n) is 3.84. The van der Waals surface area contributed by atoms with Gasteiger partial charge in [-0.1, -0.05) is 13.0 Å². The van der Waals surface area contributed by atoms with Crippen molar-refractivity contribution < 1.29 is 13.6 Å². The van der Waals surface area contributed by atoms with E-state index in [1.165, 1.54) is 11.0 Å². The molecule has 0 spiro atoms. The average Bonchev–Trinajstić information content (AvgIpc) is 3.25. The van der Waals surface area contributed by atoms with E-state index in [0.717, 1.165) is 16.9 Å². The monoisotopic (exact) mass is 357 g/mol. The first-order valence-corrected chi connectivity index (χ1v) is 8.87. The number of halogens is 2. The third-order valence-electron chi connectivity index (χ3n) is 5.37. The number of anilines is 1. The first kappa shape index (κ1) is 16.9. The van der Waals surface area contributed by atoms with Gasteiger partial charge in [0.25, 0.3) is 5.91 Å². The van der Waals surface area contributed by atoms with Crippen LogP contribution in [0.25, 0.3) is 0 Å². The predicted octanol–water partition coefficient (Wildman–Crippen LogP) is 3.40. The molecule has 26 heavy (non-hydrogen) atoms. The molecule has 0 N–H and O–H groups in total. The first-order valence-electron chi connectivity index (χ1n) is 8.87. The molecule has 0 radical (unpaired) electrons. The van der Waals surface area contributed by atoms with Gasteiger partial charge in [-0.25, -0.2) is 13.8 Å². The number of pyridine rings is 1. The zero-order valence-electron chi connectivity index (χ0n) is 15.1. The van der Waals surface area contributed by atoms with Crippen LogP contribution in [0.15, 0.2) is 18.3 Å². The molecule has 4 nitrogen and oxygen atoms in total. The number of piperazine rings is 1. The summed E-state index contributed by atoms with van der Waals surface area (Å²) in [5.41, 5.74) is 2.92. The van der Waals surface area contributed by atoms with Crippen LogP contribution in [-0.4, -0.2) is 42.0 Å². The molecule has 1 saturated heterocycles. The molecule has 6 heteroatoms. The number of hydrogen-bond acceptors (Lipinski definition) is 3. The summed E-state index contributed by atoms with van der Waals surface area (Å²) >= 11 is 0. The predicted molar refractivity (Wildman–Crippen MR) is 95.7 cm³/mol. The van der Waals surface area contributed by atoms with Crippen LogP contribution in [-0.2, 0) is 0 Å². The highest BCUT2D eigenvalue weighted by Gasteiger charge is 2.38. The van der Waals surface area contributed by atoms with Crippen molar-refractivity contribution in [3.63, 3.8) is 0 Å². The highest BCUT2D eigenvalue weighted by molar-refractivity contribution is 5.96. The summed E-state index contributed by atoms with van der Waals surface area (Å²) in [5.74, 6) is -1.18. The molecule has 0 bridgehead atoms. The topological polar surface area (TPSA) is 36.4 Å². The lowest BCUT2D eigenvalue weighted by Crippen LogP contribution is -2.49. The number of amides is 1. The minimum Gasteiger partial charge on any atom is -0.353 e. The normalized spacial score (nSPS) is 18.7. The van der Waals surface area contributed by atoms with Crippen molar-refractivity contribution in [2.75, 3.05) is 31.1 Å². The van der Waals surface area contributed by atoms with Crippen LogP contribution in [0.2, 0.25) is 0 Å². The number of carbonyl (C=O) groups is 1. The molecule has 2 heterocycles. The van der Waals surface area contributed by atoms with Gasteiger partial charge in [0.15, 0.2) is 0 Å². The summed E-state index contributed by atoms with van der Waals surface area (Å²) in [5, 5.41) is 0. The molecule has 4 rings (SSSR count). The highest BCUT2D eigenvalue weighted by atomic mass is 19.1. The summed E-state index contributed by atoms with van der Waals surface area (Å²) in [6, 6.07) is 3.37. The third-order valence-corrected chi connectivity index (χ3v) is 5.37. The summed E-state index contributed by atoms with van der Waals surface area (Å²) in [6.45, 7) is 7.84. The quantitative estimate of drug-likeness (QED) is 0.827. The van der Waals surface area contributed by atoms with Gasteiger partial charge in [0, 0.05) is 38.3 Å². The van der Waals surface area contributed by atoms with Crippen molar-refractivity contribution in [2.24, 2.45) is 0 Å². The van der Waals surface area contributed by atoms with Gasteiger partial charge >= 0.3 is 0 Å².